The summed E-state index contributed by atoms with van der Waals surface area (Å²) in [6.07, 6.45) is 8.48. The first-order chi connectivity index (χ1) is 16.1. The van der Waals surface area contributed by atoms with E-state index in [2.05, 4.69) is 25.3 Å². The molecule has 172 valence electrons. The Morgan fingerprint density at radius 1 is 1.21 bits per heavy atom. The second kappa shape index (κ2) is 9.22. The normalized spacial score (nSPS) is 19.8. The molecule has 2 aromatic heterocycles. The number of nitrogens with zero attached hydrogens (tertiary/aromatic N) is 5. The van der Waals surface area contributed by atoms with Crippen LogP contribution >= 0.6 is 0 Å². The van der Waals surface area contributed by atoms with Crippen LogP contribution in [0.25, 0.3) is 11.0 Å². The molecule has 33 heavy (non-hydrogen) atoms. The van der Waals surface area contributed by atoms with E-state index < -0.39 is 5.82 Å². The largest absolute Gasteiger partial charge is 0.488 e. The molecule has 1 aromatic carbocycles. The number of ether oxygens (including phenoxy) is 2. The highest BCUT2D eigenvalue weighted by Gasteiger charge is 2.23. The highest BCUT2D eigenvalue weighted by atomic mass is 19.1. The molecule has 0 bridgehead atoms. The summed E-state index contributed by atoms with van der Waals surface area (Å²) in [4.78, 5) is 29.1. The highest BCUT2D eigenvalue weighted by Crippen LogP contribution is 2.30. The monoisotopic (exact) mass is 452 g/mol. The van der Waals surface area contributed by atoms with Crippen LogP contribution in [0.5, 0.6) is 11.5 Å². The summed E-state index contributed by atoms with van der Waals surface area (Å²) in [6.45, 7) is 1.41. The van der Waals surface area contributed by atoms with Crippen molar-refractivity contribution >= 4 is 23.1 Å². The molecule has 0 amide bonds. The van der Waals surface area contributed by atoms with Gasteiger partial charge in [-0.05, 0) is 43.7 Å². The summed E-state index contributed by atoms with van der Waals surface area (Å²) in [5, 5.41) is 3.52. The Kier molecular flexibility index (Phi) is 5.99. The maximum absolute atomic E-state index is 14.5. The van der Waals surface area contributed by atoms with Crippen LogP contribution in [0, 0.1) is 11.7 Å². The highest BCUT2D eigenvalue weighted by molar-refractivity contribution is 5.81. The van der Waals surface area contributed by atoms with Gasteiger partial charge in [-0.1, -0.05) is 0 Å². The number of fused-ring (bicyclic) bond motifs is 2. The molecule has 9 nitrogen and oxygen atoms in total. The van der Waals surface area contributed by atoms with E-state index in [1.54, 1.807) is 25.5 Å². The predicted octanol–water partition coefficient (Wildman–Crippen LogP) is 2.68. The minimum Gasteiger partial charge on any atom is -0.488 e. The van der Waals surface area contributed by atoms with Crippen molar-refractivity contribution in [1.29, 1.82) is 0 Å². The lowest BCUT2D eigenvalue weighted by molar-refractivity contribution is 0.187. The fourth-order valence-corrected chi connectivity index (χ4v) is 4.32. The van der Waals surface area contributed by atoms with E-state index >= 15 is 0 Å². The van der Waals surface area contributed by atoms with Crippen LogP contribution in [0.2, 0.25) is 0 Å². The van der Waals surface area contributed by atoms with Gasteiger partial charge >= 0.3 is 0 Å². The third kappa shape index (κ3) is 4.56. The molecule has 2 aliphatic rings. The van der Waals surface area contributed by atoms with E-state index in [0.717, 1.165) is 25.7 Å². The molecule has 0 atom stereocenters. The minimum atomic E-state index is -0.486. The van der Waals surface area contributed by atoms with Gasteiger partial charge in [0, 0.05) is 19.3 Å². The van der Waals surface area contributed by atoms with Crippen molar-refractivity contribution in [1.82, 2.24) is 24.8 Å². The molecular weight excluding hydrogens is 427 g/mol. The molecule has 1 fully saturated rings. The zero-order chi connectivity index (χ0) is 22.8. The molecule has 0 radical (unpaired) electrons. The number of benzene rings is 1. The van der Waals surface area contributed by atoms with Crippen LogP contribution in [-0.4, -0.2) is 45.0 Å². The Bertz CT molecular complexity index is 1250. The zero-order valence-corrected chi connectivity index (χ0v) is 18.3. The minimum absolute atomic E-state index is 0.0941. The lowest BCUT2D eigenvalue weighted by Crippen LogP contribution is -2.34. The third-order valence-corrected chi connectivity index (χ3v) is 6.21. The number of aryl methyl sites for hydroxylation is 1. The fourth-order valence-electron chi connectivity index (χ4n) is 4.32. The first-order valence-electron chi connectivity index (χ1n) is 11.1. The van der Waals surface area contributed by atoms with E-state index in [4.69, 9.17) is 9.47 Å². The SMILES string of the molecule is Cn1c(=O)cnc2ccc(F)c(OCC3CCC(NCc4ncc5c(n4)N=CCO5)CC3)c21. The first kappa shape index (κ1) is 21.4. The van der Waals surface area contributed by atoms with Crippen LogP contribution in [0.1, 0.15) is 31.5 Å². The number of hydrogen-bond donors (Lipinski definition) is 1. The zero-order valence-electron chi connectivity index (χ0n) is 18.3. The Hall–Kier alpha value is -3.40. The maximum atomic E-state index is 14.5. The fraction of sp³-hybridized carbons (Fsp3) is 0.435. The molecule has 0 saturated heterocycles. The number of aliphatic imine (C=N–C) groups is 1. The van der Waals surface area contributed by atoms with Gasteiger partial charge in [-0.25, -0.2) is 24.3 Å². The van der Waals surface area contributed by atoms with Crippen molar-refractivity contribution < 1.29 is 13.9 Å². The molecule has 1 saturated carbocycles. The van der Waals surface area contributed by atoms with Gasteiger partial charge in [0.15, 0.2) is 23.1 Å². The summed E-state index contributed by atoms with van der Waals surface area (Å²) in [6, 6.07) is 3.25. The standard InChI is InChI=1S/C23H25FN6O3/c1-30-20(31)12-27-17-7-6-16(24)22(21(17)30)33-13-14-2-4-15(5-3-14)26-11-19-28-10-18-23(29-19)25-8-9-32-18/h6-8,10,12,14-15,26H,2-5,9,11,13H2,1H3. The molecule has 3 heterocycles. The van der Waals surface area contributed by atoms with Crippen molar-refractivity contribution in [3.8, 4) is 11.5 Å². The Balaban J connectivity index is 1.15. The Morgan fingerprint density at radius 3 is 2.91 bits per heavy atom. The topological polar surface area (TPSA) is 104 Å². The van der Waals surface area contributed by atoms with Crippen LogP contribution in [0.3, 0.4) is 0 Å². The quantitative estimate of drug-likeness (QED) is 0.613. The van der Waals surface area contributed by atoms with Crippen LogP contribution in [0.4, 0.5) is 10.2 Å². The summed E-state index contributed by atoms with van der Waals surface area (Å²) in [5.74, 6) is 1.80. The predicted molar refractivity (Wildman–Crippen MR) is 121 cm³/mol. The third-order valence-electron chi connectivity index (χ3n) is 6.21. The molecular formula is C23H25FN6O3. The van der Waals surface area contributed by atoms with Gasteiger partial charge in [-0.15, -0.1) is 0 Å². The van der Waals surface area contributed by atoms with Crippen molar-refractivity contribution in [3.63, 3.8) is 0 Å². The van der Waals surface area contributed by atoms with Gasteiger partial charge < -0.3 is 19.4 Å². The number of rotatable bonds is 6. The molecule has 5 rings (SSSR count). The lowest BCUT2D eigenvalue weighted by Gasteiger charge is -2.29. The van der Waals surface area contributed by atoms with E-state index in [9.17, 15) is 9.18 Å². The summed E-state index contributed by atoms with van der Waals surface area (Å²) >= 11 is 0. The van der Waals surface area contributed by atoms with E-state index in [1.165, 1.54) is 16.8 Å². The summed E-state index contributed by atoms with van der Waals surface area (Å²) in [7, 11) is 1.60. The van der Waals surface area contributed by atoms with Gasteiger partial charge in [-0.3, -0.25) is 4.79 Å². The molecule has 0 unspecified atom stereocenters. The van der Waals surface area contributed by atoms with Crippen LogP contribution in [-0.2, 0) is 13.6 Å². The molecule has 1 aliphatic heterocycles. The van der Waals surface area contributed by atoms with Gasteiger partial charge in [0.1, 0.15) is 17.9 Å². The van der Waals surface area contributed by atoms with E-state index in [0.29, 0.717) is 60.1 Å². The van der Waals surface area contributed by atoms with Crippen LogP contribution < -0.4 is 20.3 Å². The van der Waals surface area contributed by atoms with Crippen molar-refractivity contribution in [2.75, 3.05) is 13.2 Å². The first-order valence-corrected chi connectivity index (χ1v) is 11.1. The smallest absolute Gasteiger partial charge is 0.269 e. The Labute approximate surface area is 189 Å². The summed E-state index contributed by atoms with van der Waals surface area (Å²) in [5.41, 5.74) is 0.618. The number of halogens is 1. The lowest BCUT2D eigenvalue weighted by atomic mass is 9.86. The molecule has 3 aromatic rings. The van der Waals surface area contributed by atoms with E-state index in [-0.39, 0.29) is 11.3 Å². The second-order valence-corrected chi connectivity index (χ2v) is 8.41. The average Bonchev–Trinajstić information content (AvgIpc) is 2.85. The number of aromatic nitrogens is 4. The number of hydrogen-bond acceptors (Lipinski definition) is 8. The summed E-state index contributed by atoms with van der Waals surface area (Å²) < 4.78 is 27.2. The molecule has 1 aliphatic carbocycles. The van der Waals surface area contributed by atoms with Crippen molar-refractivity contribution in [2.45, 2.75) is 38.3 Å². The molecule has 0 spiro atoms. The van der Waals surface area contributed by atoms with Gasteiger partial charge in [-0.2, -0.15) is 0 Å². The Morgan fingerprint density at radius 2 is 2.06 bits per heavy atom. The maximum Gasteiger partial charge on any atom is 0.269 e. The van der Waals surface area contributed by atoms with Gasteiger partial charge in [0.25, 0.3) is 5.56 Å². The van der Waals surface area contributed by atoms with Crippen molar-refractivity contribution in [3.05, 3.63) is 46.5 Å². The second-order valence-electron chi connectivity index (χ2n) is 8.41. The number of nitrogens with one attached hydrogen (secondary N) is 1. The van der Waals surface area contributed by atoms with Gasteiger partial charge in [0.05, 0.1) is 31.1 Å². The van der Waals surface area contributed by atoms with Crippen LogP contribution in [0.15, 0.2) is 34.3 Å². The van der Waals surface area contributed by atoms with Crippen molar-refractivity contribution in [2.24, 2.45) is 18.0 Å². The molecule has 10 heteroatoms. The van der Waals surface area contributed by atoms with Gasteiger partial charge in [0.2, 0.25) is 0 Å². The average molecular weight is 452 g/mol. The molecule has 1 N–H and O–H groups in total. The van der Waals surface area contributed by atoms with E-state index in [1.807, 2.05) is 0 Å².